The second-order valence-electron chi connectivity index (χ2n) is 5.71. The Morgan fingerprint density at radius 2 is 2.13 bits per heavy atom. The Morgan fingerprint density at radius 1 is 1.35 bits per heavy atom. The molecule has 0 fully saturated rings. The molecule has 0 aliphatic rings. The topological polar surface area (TPSA) is 58.8 Å². The minimum absolute atomic E-state index is 0. The van der Waals surface area contributed by atoms with Crippen LogP contribution in [0.4, 0.5) is 0 Å². The van der Waals surface area contributed by atoms with Crippen LogP contribution < -0.4 is 10.6 Å². The monoisotopic (exact) mass is 437 g/mol. The third kappa shape index (κ3) is 10.6. The second kappa shape index (κ2) is 13.7. The summed E-state index contributed by atoms with van der Waals surface area (Å²) in [6.07, 6.45) is 3.49. The Bertz CT molecular complexity index is 408. The van der Waals surface area contributed by atoms with E-state index in [9.17, 15) is 0 Å². The molecular weight excluding hydrogens is 405 g/mol. The number of nitrogens with one attached hydrogen (secondary N) is 2. The predicted octanol–water partition coefficient (Wildman–Crippen LogP) is 3.45. The van der Waals surface area contributed by atoms with E-state index in [-0.39, 0.29) is 24.0 Å². The summed E-state index contributed by atoms with van der Waals surface area (Å²) >= 11 is 0. The maximum absolute atomic E-state index is 5.34. The Hall–Kier alpha value is -0.760. The molecular formula is C17H32IN3O2. The number of hydrogen-bond acceptors (Lipinski definition) is 3. The third-order valence-electron chi connectivity index (χ3n) is 3.53. The molecule has 0 aliphatic carbocycles. The van der Waals surface area contributed by atoms with E-state index in [1.54, 1.807) is 6.26 Å². The Balaban J connectivity index is 0.00000484. The maximum atomic E-state index is 5.34. The average molecular weight is 437 g/mol. The highest BCUT2D eigenvalue weighted by atomic mass is 127. The highest BCUT2D eigenvalue weighted by Crippen LogP contribution is 2.01. The number of aliphatic imine (C=N–C) groups is 1. The van der Waals surface area contributed by atoms with E-state index in [0.29, 0.717) is 12.0 Å². The van der Waals surface area contributed by atoms with Crippen molar-refractivity contribution in [2.75, 3.05) is 26.3 Å². The van der Waals surface area contributed by atoms with Crippen LogP contribution in [0.2, 0.25) is 0 Å². The molecule has 1 aromatic rings. The maximum Gasteiger partial charge on any atom is 0.191 e. The minimum Gasteiger partial charge on any atom is -0.469 e. The average Bonchev–Trinajstić information content (AvgIpc) is 2.99. The predicted molar refractivity (Wildman–Crippen MR) is 107 cm³/mol. The van der Waals surface area contributed by atoms with Crippen molar-refractivity contribution >= 4 is 29.9 Å². The van der Waals surface area contributed by atoms with E-state index < -0.39 is 0 Å². The van der Waals surface area contributed by atoms with Gasteiger partial charge in [0.05, 0.1) is 6.26 Å². The van der Waals surface area contributed by atoms with Gasteiger partial charge in [0.2, 0.25) is 0 Å². The van der Waals surface area contributed by atoms with Gasteiger partial charge in [-0.3, -0.25) is 4.99 Å². The van der Waals surface area contributed by atoms with Crippen LogP contribution in [0.25, 0.3) is 0 Å². The number of furan rings is 1. The van der Waals surface area contributed by atoms with Gasteiger partial charge in [-0.05, 0) is 38.3 Å². The highest BCUT2D eigenvalue weighted by Gasteiger charge is 2.09. The first-order chi connectivity index (χ1) is 10.6. The van der Waals surface area contributed by atoms with Crippen LogP contribution in [0, 0.1) is 5.92 Å². The molecule has 2 N–H and O–H groups in total. The molecule has 0 aromatic carbocycles. The summed E-state index contributed by atoms with van der Waals surface area (Å²) < 4.78 is 10.7. The molecule has 0 saturated carbocycles. The van der Waals surface area contributed by atoms with Gasteiger partial charge in [-0.1, -0.05) is 13.8 Å². The Kier molecular flexibility index (Phi) is 13.2. The summed E-state index contributed by atoms with van der Waals surface area (Å²) in [6.45, 7) is 11.7. The molecule has 0 amide bonds. The van der Waals surface area contributed by atoms with Gasteiger partial charge < -0.3 is 19.8 Å². The molecule has 1 aromatic heterocycles. The lowest BCUT2D eigenvalue weighted by atomic mass is 10.1. The fourth-order valence-electron chi connectivity index (χ4n) is 1.80. The minimum atomic E-state index is 0. The van der Waals surface area contributed by atoms with Crippen LogP contribution in [0.1, 0.15) is 39.9 Å². The third-order valence-corrected chi connectivity index (χ3v) is 3.53. The summed E-state index contributed by atoms with van der Waals surface area (Å²) in [5.41, 5.74) is 0. The molecule has 1 rings (SSSR count). The summed E-state index contributed by atoms with van der Waals surface area (Å²) in [6, 6.07) is 4.28. The first-order valence-electron chi connectivity index (χ1n) is 8.28. The van der Waals surface area contributed by atoms with Gasteiger partial charge in [0.25, 0.3) is 0 Å². The molecule has 134 valence electrons. The number of ether oxygens (including phenoxy) is 1. The molecule has 5 nitrogen and oxygen atoms in total. The van der Waals surface area contributed by atoms with Crippen LogP contribution in [0.15, 0.2) is 27.8 Å². The van der Waals surface area contributed by atoms with Gasteiger partial charge >= 0.3 is 0 Å². The van der Waals surface area contributed by atoms with Crippen LogP contribution in [-0.2, 0) is 11.2 Å². The number of hydrogen-bond donors (Lipinski definition) is 2. The number of guanidine groups is 1. The number of nitrogens with zero attached hydrogens (tertiary/aromatic N) is 1. The lowest BCUT2D eigenvalue weighted by molar-refractivity contribution is 0.146. The van der Waals surface area contributed by atoms with Crippen molar-refractivity contribution in [1.82, 2.24) is 10.6 Å². The lowest BCUT2D eigenvalue weighted by Crippen LogP contribution is -2.45. The van der Waals surface area contributed by atoms with Crippen molar-refractivity contribution < 1.29 is 9.15 Å². The van der Waals surface area contributed by atoms with Gasteiger partial charge in [-0.15, -0.1) is 24.0 Å². The standard InChI is InChI=1S/C17H31N3O2.HI/c1-5-21-12-7-10-18-17(20-15(4)14(2)3)19-11-9-16-8-6-13-22-16;/h6,8,13-15H,5,7,9-12H2,1-4H3,(H2,18,19,20);1H. The van der Waals surface area contributed by atoms with E-state index in [1.165, 1.54) is 0 Å². The largest absolute Gasteiger partial charge is 0.469 e. The van der Waals surface area contributed by atoms with Crippen LogP contribution in [0.5, 0.6) is 0 Å². The zero-order chi connectivity index (χ0) is 16.2. The van der Waals surface area contributed by atoms with Crippen molar-refractivity contribution in [3.8, 4) is 0 Å². The Morgan fingerprint density at radius 3 is 2.74 bits per heavy atom. The van der Waals surface area contributed by atoms with E-state index in [2.05, 4.69) is 36.4 Å². The van der Waals surface area contributed by atoms with E-state index >= 15 is 0 Å². The van der Waals surface area contributed by atoms with Crippen molar-refractivity contribution in [2.24, 2.45) is 10.9 Å². The zero-order valence-corrected chi connectivity index (χ0v) is 17.1. The molecule has 1 heterocycles. The molecule has 23 heavy (non-hydrogen) atoms. The molecule has 0 aliphatic heterocycles. The normalized spacial score (nSPS) is 12.8. The molecule has 0 saturated heterocycles. The molecule has 6 heteroatoms. The van der Waals surface area contributed by atoms with Gasteiger partial charge in [0.15, 0.2) is 5.96 Å². The van der Waals surface area contributed by atoms with Gasteiger partial charge in [0.1, 0.15) is 5.76 Å². The highest BCUT2D eigenvalue weighted by molar-refractivity contribution is 14.0. The summed E-state index contributed by atoms with van der Waals surface area (Å²) in [5, 5.41) is 6.83. The van der Waals surface area contributed by atoms with Crippen molar-refractivity contribution in [1.29, 1.82) is 0 Å². The molecule has 0 radical (unpaired) electrons. The second-order valence-corrected chi connectivity index (χ2v) is 5.71. The fourth-order valence-corrected chi connectivity index (χ4v) is 1.80. The SMILES string of the molecule is CCOCCCN=C(NCCc1ccco1)NC(C)C(C)C.I. The lowest BCUT2D eigenvalue weighted by Gasteiger charge is -2.21. The Labute approximate surface area is 157 Å². The number of halogens is 1. The van der Waals surface area contributed by atoms with Crippen LogP contribution in [-0.4, -0.2) is 38.3 Å². The van der Waals surface area contributed by atoms with E-state index in [0.717, 1.165) is 50.9 Å². The van der Waals surface area contributed by atoms with Gasteiger partial charge in [-0.25, -0.2) is 0 Å². The first-order valence-corrected chi connectivity index (χ1v) is 8.28. The molecule has 1 unspecified atom stereocenters. The van der Waals surface area contributed by atoms with E-state index in [1.807, 2.05) is 19.1 Å². The first kappa shape index (κ1) is 22.2. The summed E-state index contributed by atoms with van der Waals surface area (Å²) in [4.78, 5) is 4.62. The van der Waals surface area contributed by atoms with Gasteiger partial charge in [-0.2, -0.15) is 0 Å². The van der Waals surface area contributed by atoms with Crippen LogP contribution >= 0.6 is 24.0 Å². The van der Waals surface area contributed by atoms with Crippen molar-refractivity contribution in [3.63, 3.8) is 0 Å². The molecule has 0 spiro atoms. The summed E-state index contributed by atoms with van der Waals surface area (Å²) in [5.74, 6) is 2.41. The van der Waals surface area contributed by atoms with Gasteiger partial charge in [0, 0.05) is 38.8 Å². The van der Waals surface area contributed by atoms with Crippen molar-refractivity contribution in [2.45, 2.75) is 46.6 Å². The van der Waals surface area contributed by atoms with E-state index in [4.69, 9.17) is 9.15 Å². The fraction of sp³-hybridized carbons (Fsp3) is 0.706. The summed E-state index contributed by atoms with van der Waals surface area (Å²) in [7, 11) is 0. The van der Waals surface area contributed by atoms with Crippen LogP contribution in [0.3, 0.4) is 0 Å². The molecule has 0 bridgehead atoms. The molecule has 1 atom stereocenters. The van der Waals surface area contributed by atoms with Crippen molar-refractivity contribution in [3.05, 3.63) is 24.2 Å². The number of rotatable bonds is 10. The quantitative estimate of drug-likeness (QED) is 0.255. The smallest absolute Gasteiger partial charge is 0.191 e. The zero-order valence-electron chi connectivity index (χ0n) is 14.8.